The van der Waals surface area contributed by atoms with Crippen LogP contribution in [0.25, 0.3) is 0 Å². The number of piperidine rings is 1. The summed E-state index contributed by atoms with van der Waals surface area (Å²) in [4.78, 5) is 44.4. The number of esters is 1. The number of unbranched alkanes of at least 4 members (excludes halogenated alkanes) is 4. The highest BCUT2D eigenvalue weighted by Gasteiger charge is 2.40. The Balaban J connectivity index is 1.37. The maximum absolute atomic E-state index is 13.2. The Labute approximate surface area is 233 Å². The minimum atomic E-state index is -0.657. The summed E-state index contributed by atoms with van der Waals surface area (Å²) >= 11 is 0. The number of likely N-dealkylation sites (tertiary alicyclic amines) is 1. The highest BCUT2D eigenvalue weighted by atomic mass is 16.6. The van der Waals surface area contributed by atoms with Crippen molar-refractivity contribution in [3.8, 4) is 0 Å². The molecule has 2 amide bonds. The molecule has 9 heteroatoms. The van der Waals surface area contributed by atoms with Gasteiger partial charge in [-0.25, -0.2) is 14.6 Å². The molecule has 1 aromatic rings. The molecule has 0 aromatic carbocycles. The first-order chi connectivity index (χ1) is 18.5. The van der Waals surface area contributed by atoms with E-state index < -0.39 is 23.0 Å². The average molecular weight is 545 g/mol. The van der Waals surface area contributed by atoms with E-state index in [4.69, 9.17) is 14.5 Å². The monoisotopic (exact) mass is 544 g/mol. The number of anilines is 1. The van der Waals surface area contributed by atoms with Crippen LogP contribution in [0.3, 0.4) is 0 Å². The van der Waals surface area contributed by atoms with Crippen molar-refractivity contribution in [1.82, 2.24) is 15.2 Å². The Morgan fingerprint density at radius 2 is 1.79 bits per heavy atom. The molecule has 2 aliphatic rings. The fraction of sp³-hybridized carbons (Fsp3) is 0.733. The number of fused-ring (bicyclic) bond motifs is 1. The lowest BCUT2D eigenvalue weighted by molar-refractivity contribution is -0.147. The van der Waals surface area contributed by atoms with Crippen LogP contribution in [0, 0.1) is 5.41 Å². The standard InChI is InChI=1S/C30H48N4O5/c1-29(2,3)39-28(37)34-20-17-30(4,18-21-34)27(36)33-24(26(35)38-5)14-10-8-6-7-9-13-23-16-15-22-12-11-19-31-25(22)32-23/h15-16,24H,6-14,17-21H2,1-5H3,(H,31,32)(H,33,36)/t24-/m0/s1. The van der Waals surface area contributed by atoms with Crippen LogP contribution in [-0.2, 0) is 31.9 Å². The Hall–Kier alpha value is -2.84. The second-order valence-electron chi connectivity index (χ2n) is 12.2. The van der Waals surface area contributed by atoms with Crippen molar-refractivity contribution in [1.29, 1.82) is 0 Å². The molecule has 0 radical (unpaired) electrons. The number of hydrogen-bond acceptors (Lipinski definition) is 7. The van der Waals surface area contributed by atoms with Crippen LogP contribution in [0.2, 0.25) is 0 Å². The SMILES string of the molecule is COC(=O)[C@H](CCCCCCCc1ccc2c(n1)NCCC2)NC(=O)C1(C)CCN(C(=O)OC(C)(C)C)CC1. The molecule has 2 aliphatic heterocycles. The van der Waals surface area contributed by atoms with Crippen LogP contribution in [0.15, 0.2) is 12.1 Å². The van der Waals surface area contributed by atoms with E-state index in [0.29, 0.717) is 32.4 Å². The molecule has 3 heterocycles. The highest BCUT2D eigenvalue weighted by molar-refractivity contribution is 5.88. The lowest BCUT2D eigenvalue weighted by Crippen LogP contribution is -2.53. The molecule has 1 fully saturated rings. The molecule has 0 bridgehead atoms. The molecule has 1 saturated heterocycles. The van der Waals surface area contributed by atoms with Gasteiger partial charge in [0.05, 0.1) is 7.11 Å². The molecular formula is C30H48N4O5. The maximum atomic E-state index is 13.2. The molecule has 1 atom stereocenters. The minimum Gasteiger partial charge on any atom is -0.467 e. The fourth-order valence-electron chi connectivity index (χ4n) is 5.15. The molecule has 0 unspecified atom stereocenters. The first kappa shape index (κ1) is 30.7. The number of ether oxygens (including phenoxy) is 2. The number of hydrogen-bond donors (Lipinski definition) is 2. The van der Waals surface area contributed by atoms with E-state index in [0.717, 1.165) is 63.0 Å². The molecule has 0 spiro atoms. The van der Waals surface area contributed by atoms with Crippen molar-refractivity contribution >= 4 is 23.8 Å². The van der Waals surface area contributed by atoms with Crippen molar-refractivity contribution < 1.29 is 23.9 Å². The van der Waals surface area contributed by atoms with Gasteiger partial charge in [-0.1, -0.05) is 38.7 Å². The number of rotatable bonds is 11. The number of amides is 2. The van der Waals surface area contributed by atoms with Crippen LogP contribution < -0.4 is 10.6 Å². The third-order valence-corrected chi connectivity index (χ3v) is 7.74. The van der Waals surface area contributed by atoms with Gasteiger partial charge in [0, 0.05) is 30.7 Å². The number of carbonyl (C=O) groups excluding carboxylic acids is 3. The van der Waals surface area contributed by atoms with Crippen LogP contribution >= 0.6 is 0 Å². The minimum absolute atomic E-state index is 0.159. The highest BCUT2D eigenvalue weighted by Crippen LogP contribution is 2.32. The Morgan fingerprint density at radius 1 is 1.10 bits per heavy atom. The molecule has 39 heavy (non-hydrogen) atoms. The van der Waals surface area contributed by atoms with Gasteiger partial charge in [0.1, 0.15) is 17.5 Å². The summed E-state index contributed by atoms with van der Waals surface area (Å²) in [6.07, 6.45) is 9.57. The fourth-order valence-corrected chi connectivity index (χ4v) is 5.15. The van der Waals surface area contributed by atoms with E-state index in [1.54, 1.807) is 4.90 Å². The summed E-state index contributed by atoms with van der Waals surface area (Å²) in [5.41, 5.74) is 1.25. The summed E-state index contributed by atoms with van der Waals surface area (Å²) < 4.78 is 10.4. The van der Waals surface area contributed by atoms with E-state index >= 15 is 0 Å². The van der Waals surface area contributed by atoms with Crippen molar-refractivity contribution in [3.05, 3.63) is 23.4 Å². The smallest absolute Gasteiger partial charge is 0.410 e. The van der Waals surface area contributed by atoms with Gasteiger partial charge in [0.2, 0.25) is 5.91 Å². The van der Waals surface area contributed by atoms with Crippen molar-refractivity contribution in [2.75, 3.05) is 32.1 Å². The van der Waals surface area contributed by atoms with E-state index in [1.807, 2.05) is 27.7 Å². The first-order valence-electron chi connectivity index (χ1n) is 14.6. The summed E-state index contributed by atoms with van der Waals surface area (Å²) in [6, 6.07) is 3.70. The van der Waals surface area contributed by atoms with E-state index in [2.05, 4.69) is 22.8 Å². The van der Waals surface area contributed by atoms with E-state index in [1.165, 1.54) is 19.1 Å². The van der Waals surface area contributed by atoms with Crippen molar-refractivity contribution in [2.24, 2.45) is 5.41 Å². The Kier molecular flexibility index (Phi) is 11.0. The normalized spacial score (nSPS) is 17.4. The number of nitrogens with one attached hydrogen (secondary N) is 2. The first-order valence-corrected chi connectivity index (χ1v) is 14.6. The van der Waals surface area contributed by atoms with Gasteiger partial charge in [-0.15, -0.1) is 0 Å². The number of methoxy groups -OCH3 is 1. The largest absolute Gasteiger partial charge is 0.467 e. The molecule has 218 valence electrons. The van der Waals surface area contributed by atoms with E-state index in [-0.39, 0.29) is 12.0 Å². The second-order valence-corrected chi connectivity index (χ2v) is 12.2. The van der Waals surface area contributed by atoms with Crippen LogP contribution in [0.5, 0.6) is 0 Å². The lowest BCUT2D eigenvalue weighted by Gasteiger charge is -2.39. The summed E-state index contributed by atoms with van der Waals surface area (Å²) in [5, 5.41) is 6.34. The topological polar surface area (TPSA) is 110 Å². The summed E-state index contributed by atoms with van der Waals surface area (Å²) in [7, 11) is 1.35. The van der Waals surface area contributed by atoms with Crippen LogP contribution in [-0.4, -0.2) is 66.2 Å². The van der Waals surface area contributed by atoms with Gasteiger partial charge in [-0.05, 0) is 77.3 Å². The zero-order valence-corrected chi connectivity index (χ0v) is 24.6. The molecule has 2 N–H and O–H groups in total. The van der Waals surface area contributed by atoms with Crippen LogP contribution in [0.4, 0.5) is 10.6 Å². The summed E-state index contributed by atoms with van der Waals surface area (Å²) in [5.74, 6) is 0.483. The Morgan fingerprint density at radius 3 is 2.49 bits per heavy atom. The van der Waals surface area contributed by atoms with Gasteiger partial charge in [0.25, 0.3) is 0 Å². The van der Waals surface area contributed by atoms with Gasteiger partial charge in [-0.3, -0.25) is 4.79 Å². The molecule has 1 aromatic heterocycles. The predicted octanol–water partition coefficient (Wildman–Crippen LogP) is 5.02. The number of pyridine rings is 1. The lowest BCUT2D eigenvalue weighted by atomic mass is 9.79. The van der Waals surface area contributed by atoms with Gasteiger partial charge in [0.15, 0.2) is 0 Å². The number of aromatic nitrogens is 1. The van der Waals surface area contributed by atoms with E-state index in [9.17, 15) is 14.4 Å². The predicted molar refractivity (Wildman–Crippen MR) is 152 cm³/mol. The zero-order chi connectivity index (χ0) is 28.5. The van der Waals surface area contributed by atoms with Gasteiger partial charge in [-0.2, -0.15) is 0 Å². The van der Waals surface area contributed by atoms with Crippen molar-refractivity contribution in [2.45, 2.75) is 110 Å². The van der Waals surface area contributed by atoms with Gasteiger partial charge < -0.3 is 25.0 Å². The summed E-state index contributed by atoms with van der Waals surface area (Å²) in [6.45, 7) is 9.30. The Bertz CT molecular complexity index is 982. The quantitative estimate of drug-likeness (QED) is 0.297. The number of carbonyl (C=O) groups is 3. The van der Waals surface area contributed by atoms with Gasteiger partial charge >= 0.3 is 12.1 Å². The average Bonchev–Trinajstić information content (AvgIpc) is 2.90. The molecule has 9 nitrogen and oxygen atoms in total. The number of aryl methyl sites for hydroxylation is 2. The molecular weight excluding hydrogens is 496 g/mol. The zero-order valence-electron chi connectivity index (χ0n) is 24.6. The third-order valence-electron chi connectivity index (χ3n) is 7.74. The van der Waals surface area contributed by atoms with Crippen LogP contribution in [0.1, 0.15) is 96.7 Å². The molecule has 3 rings (SSSR count). The molecule has 0 aliphatic carbocycles. The molecule has 0 saturated carbocycles. The second kappa shape index (κ2) is 14.0. The third kappa shape index (κ3) is 9.39. The number of nitrogens with zero attached hydrogens (tertiary/aromatic N) is 2. The van der Waals surface area contributed by atoms with Crippen molar-refractivity contribution in [3.63, 3.8) is 0 Å². The maximum Gasteiger partial charge on any atom is 0.410 e.